The number of carbonyl (C=O) groups is 1. The summed E-state index contributed by atoms with van der Waals surface area (Å²) in [5.74, 6) is 1.74. The molecule has 1 amide bonds. The summed E-state index contributed by atoms with van der Waals surface area (Å²) in [5.41, 5.74) is 0.721. The minimum absolute atomic E-state index is 0.0913. The maximum atomic E-state index is 11.9. The van der Waals surface area contributed by atoms with Crippen molar-refractivity contribution in [3.63, 3.8) is 0 Å². The Morgan fingerprint density at radius 3 is 2.79 bits per heavy atom. The third-order valence-electron chi connectivity index (χ3n) is 4.36. The highest BCUT2D eigenvalue weighted by Crippen LogP contribution is 2.24. The Bertz CT molecular complexity index is 574. The van der Waals surface area contributed by atoms with Gasteiger partial charge >= 0.3 is 0 Å². The molecule has 132 valence electrons. The lowest BCUT2D eigenvalue weighted by atomic mass is 9.86. The van der Waals surface area contributed by atoms with Gasteiger partial charge in [0.1, 0.15) is 11.5 Å². The molecule has 1 aromatic rings. The van der Waals surface area contributed by atoms with E-state index in [-0.39, 0.29) is 18.6 Å². The monoisotopic (exact) mass is 334 g/mol. The molecule has 1 fully saturated rings. The van der Waals surface area contributed by atoms with Crippen LogP contribution in [0.1, 0.15) is 38.2 Å². The van der Waals surface area contributed by atoms with E-state index < -0.39 is 0 Å². The van der Waals surface area contributed by atoms with Crippen LogP contribution in [0.15, 0.2) is 23.4 Å². The second-order valence-corrected chi connectivity index (χ2v) is 6.05. The van der Waals surface area contributed by atoms with Crippen molar-refractivity contribution in [2.24, 2.45) is 11.1 Å². The van der Waals surface area contributed by atoms with Crippen molar-refractivity contribution in [3.05, 3.63) is 23.8 Å². The predicted octanol–water partition coefficient (Wildman–Crippen LogP) is 2.75. The molecule has 0 unspecified atom stereocenters. The highest BCUT2D eigenvalue weighted by molar-refractivity contribution is 5.84. The number of oxime groups is 1. The zero-order valence-corrected chi connectivity index (χ0v) is 14.6. The molecule has 6 heteroatoms. The van der Waals surface area contributed by atoms with E-state index in [1.165, 1.54) is 25.5 Å². The van der Waals surface area contributed by atoms with Gasteiger partial charge in [0.05, 0.1) is 20.4 Å². The van der Waals surface area contributed by atoms with E-state index in [1.54, 1.807) is 32.4 Å². The lowest BCUT2D eigenvalue weighted by Gasteiger charge is -2.29. The van der Waals surface area contributed by atoms with Crippen LogP contribution in [0.4, 0.5) is 0 Å². The van der Waals surface area contributed by atoms with Gasteiger partial charge in [0.2, 0.25) is 0 Å². The van der Waals surface area contributed by atoms with E-state index in [2.05, 4.69) is 17.4 Å². The van der Waals surface area contributed by atoms with Gasteiger partial charge in [-0.1, -0.05) is 24.9 Å². The summed E-state index contributed by atoms with van der Waals surface area (Å²) in [7, 11) is 3.18. The molecule has 1 saturated carbocycles. The normalized spacial score (nSPS) is 20.6. The molecule has 0 saturated heterocycles. The van der Waals surface area contributed by atoms with E-state index in [4.69, 9.17) is 14.3 Å². The first kappa shape index (κ1) is 18.1. The van der Waals surface area contributed by atoms with E-state index in [1.807, 2.05) is 0 Å². The van der Waals surface area contributed by atoms with Crippen LogP contribution >= 0.6 is 0 Å². The van der Waals surface area contributed by atoms with Crippen molar-refractivity contribution in [1.82, 2.24) is 5.32 Å². The van der Waals surface area contributed by atoms with Gasteiger partial charge in [-0.05, 0) is 37.0 Å². The van der Waals surface area contributed by atoms with Crippen molar-refractivity contribution >= 4 is 12.1 Å². The van der Waals surface area contributed by atoms with E-state index in [9.17, 15) is 4.79 Å². The molecular weight excluding hydrogens is 308 g/mol. The van der Waals surface area contributed by atoms with Crippen LogP contribution in [-0.4, -0.2) is 39.0 Å². The molecule has 0 radical (unpaired) electrons. The number of amides is 1. The number of nitrogens with zero attached hydrogens (tertiary/aromatic N) is 1. The molecule has 0 spiro atoms. The second-order valence-electron chi connectivity index (χ2n) is 6.05. The van der Waals surface area contributed by atoms with Gasteiger partial charge in [0.25, 0.3) is 5.91 Å². The first-order valence-corrected chi connectivity index (χ1v) is 8.30. The molecule has 1 aliphatic rings. The first-order chi connectivity index (χ1) is 11.6. The van der Waals surface area contributed by atoms with Crippen LogP contribution in [0.25, 0.3) is 0 Å². The van der Waals surface area contributed by atoms with Crippen LogP contribution in [-0.2, 0) is 9.63 Å². The molecule has 0 heterocycles. The van der Waals surface area contributed by atoms with Crippen LogP contribution in [0.3, 0.4) is 0 Å². The van der Waals surface area contributed by atoms with Crippen molar-refractivity contribution in [1.29, 1.82) is 0 Å². The van der Waals surface area contributed by atoms with Crippen molar-refractivity contribution < 1.29 is 19.1 Å². The average molecular weight is 334 g/mol. The number of methoxy groups -OCH3 is 2. The highest BCUT2D eigenvalue weighted by Gasteiger charge is 2.22. The smallest absolute Gasteiger partial charge is 0.261 e. The van der Waals surface area contributed by atoms with Crippen LogP contribution < -0.4 is 14.8 Å². The lowest BCUT2D eigenvalue weighted by molar-refractivity contribution is -0.126. The third-order valence-corrected chi connectivity index (χ3v) is 4.36. The summed E-state index contributed by atoms with van der Waals surface area (Å²) in [5, 5.41) is 6.88. The number of benzene rings is 1. The van der Waals surface area contributed by atoms with Crippen LogP contribution in [0.2, 0.25) is 0 Å². The SMILES string of the molecule is COc1ccc(OC)c(/C=N\OCC(=O)N[C@H]2CCCC[C@@H]2C)c1. The Labute approximate surface area is 143 Å². The standard InChI is InChI=1S/C18H26N2O4/c1-13-6-4-5-7-16(13)20-18(21)12-24-19-11-14-10-15(22-2)8-9-17(14)23-3/h8-11,13,16H,4-7,12H2,1-3H3,(H,20,21)/b19-11-/t13-,16-/m0/s1. The minimum atomic E-state index is -0.136. The summed E-state index contributed by atoms with van der Waals surface area (Å²) in [6.45, 7) is 2.09. The second kappa shape index (κ2) is 9.15. The zero-order valence-electron chi connectivity index (χ0n) is 14.6. The Hall–Kier alpha value is -2.24. The molecule has 0 aromatic heterocycles. The quantitative estimate of drug-likeness (QED) is 0.615. The number of rotatable bonds is 7. The molecule has 24 heavy (non-hydrogen) atoms. The zero-order chi connectivity index (χ0) is 17.4. The van der Waals surface area contributed by atoms with Gasteiger partial charge in [-0.3, -0.25) is 4.79 Å². The summed E-state index contributed by atoms with van der Waals surface area (Å²) >= 11 is 0. The number of carbonyl (C=O) groups excluding carboxylic acids is 1. The van der Waals surface area contributed by atoms with Gasteiger partial charge in [0, 0.05) is 11.6 Å². The molecule has 0 aliphatic heterocycles. The van der Waals surface area contributed by atoms with Gasteiger partial charge in [-0.15, -0.1) is 0 Å². The van der Waals surface area contributed by atoms with Crippen molar-refractivity contribution in [2.45, 2.75) is 38.6 Å². The van der Waals surface area contributed by atoms with E-state index in [0.29, 0.717) is 17.4 Å². The van der Waals surface area contributed by atoms with Crippen LogP contribution in [0.5, 0.6) is 11.5 Å². The summed E-state index contributed by atoms with van der Waals surface area (Å²) in [6, 6.07) is 5.63. The largest absolute Gasteiger partial charge is 0.497 e. The predicted molar refractivity (Wildman–Crippen MR) is 92.7 cm³/mol. The maximum Gasteiger partial charge on any atom is 0.261 e. The third kappa shape index (κ3) is 5.15. The average Bonchev–Trinajstić information content (AvgIpc) is 2.60. The number of hydrogen-bond acceptors (Lipinski definition) is 5. The van der Waals surface area contributed by atoms with Gasteiger partial charge < -0.3 is 19.6 Å². The Morgan fingerprint density at radius 2 is 2.08 bits per heavy atom. The molecule has 2 rings (SSSR count). The Kier molecular flexibility index (Phi) is 6.90. The Balaban J connectivity index is 1.82. The number of hydrogen-bond donors (Lipinski definition) is 1. The molecule has 1 aliphatic carbocycles. The van der Waals surface area contributed by atoms with Crippen molar-refractivity contribution in [3.8, 4) is 11.5 Å². The van der Waals surface area contributed by atoms with E-state index >= 15 is 0 Å². The fraction of sp³-hybridized carbons (Fsp3) is 0.556. The topological polar surface area (TPSA) is 69.1 Å². The van der Waals surface area contributed by atoms with Gasteiger partial charge in [0.15, 0.2) is 6.61 Å². The molecule has 6 nitrogen and oxygen atoms in total. The molecular formula is C18H26N2O4. The molecule has 1 N–H and O–H groups in total. The maximum absolute atomic E-state index is 11.9. The van der Waals surface area contributed by atoms with Gasteiger partial charge in [-0.25, -0.2) is 0 Å². The summed E-state index contributed by atoms with van der Waals surface area (Å²) in [4.78, 5) is 17.0. The first-order valence-electron chi connectivity index (χ1n) is 8.30. The Morgan fingerprint density at radius 1 is 1.29 bits per heavy atom. The fourth-order valence-corrected chi connectivity index (χ4v) is 2.91. The highest BCUT2D eigenvalue weighted by atomic mass is 16.6. The number of nitrogens with one attached hydrogen (secondary N) is 1. The molecule has 0 bridgehead atoms. The van der Waals surface area contributed by atoms with Gasteiger partial charge in [-0.2, -0.15) is 0 Å². The lowest BCUT2D eigenvalue weighted by Crippen LogP contribution is -2.42. The van der Waals surface area contributed by atoms with Crippen molar-refractivity contribution in [2.75, 3.05) is 20.8 Å². The summed E-state index contributed by atoms with van der Waals surface area (Å²) < 4.78 is 10.4. The minimum Gasteiger partial charge on any atom is -0.497 e. The fourth-order valence-electron chi connectivity index (χ4n) is 2.91. The molecule has 1 aromatic carbocycles. The van der Waals surface area contributed by atoms with E-state index in [0.717, 1.165) is 12.0 Å². The number of ether oxygens (including phenoxy) is 2. The molecule has 2 atom stereocenters. The summed E-state index contributed by atoms with van der Waals surface area (Å²) in [6.07, 6.45) is 6.13. The van der Waals surface area contributed by atoms with Crippen LogP contribution in [0, 0.1) is 5.92 Å².